The average Bonchev–Trinajstić information content (AvgIpc) is 2.01. The van der Waals surface area contributed by atoms with Crippen molar-refractivity contribution < 1.29 is 0 Å². The van der Waals surface area contributed by atoms with E-state index >= 15 is 0 Å². The first-order valence-electron chi connectivity index (χ1n) is 3.86. The smallest absolute Gasteiger partial charge is 0.00520 e. The first kappa shape index (κ1) is 11.5. The Kier molecular flexibility index (Phi) is 6.91. The number of alkyl halides is 2. The van der Waals surface area contributed by atoms with Crippen molar-refractivity contribution >= 4 is 45.2 Å². The minimum absolute atomic E-state index is 0.655. The topological polar surface area (TPSA) is 0 Å². The predicted molar refractivity (Wildman–Crippen MR) is 65.4 cm³/mol. The van der Waals surface area contributed by atoms with Crippen molar-refractivity contribution in [3.63, 3.8) is 0 Å². The number of rotatable bonds is 5. The second-order valence-electron chi connectivity index (χ2n) is 2.78. The highest BCUT2D eigenvalue weighted by atomic mass is 127. The van der Waals surface area contributed by atoms with E-state index in [4.69, 9.17) is 0 Å². The van der Waals surface area contributed by atoms with Gasteiger partial charge in [-0.2, -0.15) is 0 Å². The molecule has 0 N–H and O–H groups in total. The van der Waals surface area contributed by atoms with Crippen molar-refractivity contribution in [2.24, 2.45) is 5.41 Å². The Balaban J connectivity index is 3.87. The summed E-state index contributed by atoms with van der Waals surface area (Å²) >= 11 is 5.00. The molecule has 0 aliphatic heterocycles. The minimum Gasteiger partial charge on any atom is -0.0864 e. The number of hydrogen-bond donors (Lipinski definition) is 0. The van der Waals surface area contributed by atoms with Crippen LogP contribution < -0.4 is 0 Å². The normalized spacial score (nSPS) is 12.0. The Hall–Kier alpha value is 1.46. The highest BCUT2D eigenvalue weighted by Gasteiger charge is 2.23. The molecule has 0 aromatic rings. The van der Waals surface area contributed by atoms with E-state index in [-0.39, 0.29) is 0 Å². The summed E-state index contributed by atoms with van der Waals surface area (Å²) < 4.78 is 2.63. The third kappa shape index (κ3) is 3.24. The summed E-state index contributed by atoms with van der Waals surface area (Å²) in [6, 6.07) is 0. The maximum absolute atomic E-state index is 2.52. The van der Waals surface area contributed by atoms with Crippen molar-refractivity contribution in [1.82, 2.24) is 0 Å². The Morgan fingerprint density at radius 2 is 1.60 bits per heavy atom. The Morgan fingerprint density at radius 1 is 1.10 bits per heavy atom. The molecule has 0 saturated heterocycles. The van der Waals surface area contributed by atoms with Crippen molar-refractivity contribution in [2.45, 2.75) is 33.1 Å². The monoisotopic (exact) mass is 366 g/mol. The van der Waals surface area contributed by atoms with Gasteiger partial charge in [0, 0.05) is 8.86 Å². The van der Waals surface area contributed by atoms with Gasteiger partial charge in [0.25, 0.3) is 0 Å². The van der Waals surface area contributed by atoms with Gasteiger partial charge in [0.15, 0.2) is 0 Å². The fourth-order valence-corrected chi connectivity index (χ4v) is 3.66. The maximum Gasteiger partial charge on any atom is 0.00520 e. The van der Waals surface area contributed by atoms with Gasteiger partial charge in [-0.05, 0) is 24.7 Å². The summed E-state index contributed by atoms with van der Waals surface area (Å²) in [7, 11) is 0. The second kappa shape index (κ2) is 6.03. The number of halogens is 2. The van der Waals surface area contributed by atoms with E-state index in [1.165, 1.54) is 28.1 Å². The lowest BCUT2D eigenvalue weighted by molar-refractivity contribution is 0.305. The highest BCUT2D eigenvalue weighted by Crippen LogP contribution is 2.33. The van der Waals surface area contributed by atoms with Crippen LogP contribution in [0, 0.1) is 5.41 Å². The SMILES string of the molecule is CCC(CC)(CI)CCI. The fraction of sp³-hybridized carbons (Fsp3) is 1.00. The Labute approximate surface area is 91.8 Å². The average molecular weight is 366 g/mol. The van der Waals surface area contributed by atoms with Gasteiger partial charge < -0.3 is 0 Å². The quantitative estimate of drug-likeness (QED) is 0.509. The lowest BCUT2D eigenvalue weighted by atomic mass is 9.82. The molecule has 0 rings (SSSR count). The molecule has 0 unspecified atom stereocenters. The van der Waals surface area contributed by atoms with Gasteiger partial charge in [-0.1, -0.05) is 59.0 Å². The van der Waals surface area contributed by atoms with Crippen LogP contribution in [0.3, 0.4) is 0 Å². The van der Waals surface area contributed by atoms with E-state index in [1.54, 1.807) is 0 Å². The molecule has 0 heterocycles. The van der Waals surface area contributed by atoms with Crippen LogP contribution in [-0.4, -0.2) is 8.86 Å². The second-order valence-corrected chi connectivity index (χ2v) is 4.62. The molecule has 0 bridgehead atoms. The molecular formula is C8H16I2. The molecular weight excluding hydrogens is 350 g/mol. The van der Waals surface area contributed by atoms with Gasteiger partial charge in [0.1, 0.15) is 0 Å². The van der Waals surface area contributed by atoms with E-state index in [1.807, 2.05) is 0 Å². The van der Waals surface area contributed by atoms with Crippen molar-refractivity contribution in [3.8, 4) is 0 Å². The van der Waals surface area contributed by atoms with Gasteiger partial charge in [-0.3, -0.25) is 0 Å². The van der Waals surface area contributed by atoms with Crippen LogP contribution >= 0.6 is 45.2 Å². The summed E-state index contributed by atoms with van der Waals surface area (Å²) in [6.07, 6.45) is 4.08. The van der Waals surface area contributed by atoms with Gasteiger partial charge in [-0.15, -0.1) is 0 Å². The molecule has 10 heavy (non-hydrogen) atoms. The van der Waals surface area contributed by atoms with E-state index in [0.717, 1.165) is 0 Å². The number of hydrogen-bond acceptors (Lipinski definition) is 0. The Bertz CT molecular complexity index is 69.1. The summed E-state index contributed by atoms with van der Waals surface area (Å²) in [6.45, 7) is 4.63. The third-order valence-corrected chi connectivity index (χ3v) is 4.57. The molecule has 62 valence electrons. The van der Waals surface area contributed by atoms with E-state index in [9.17, 15) is 0 Å². The summed E-state index contributed by atoms with van der Waals surface area (Å²) in [5, 5.41) is 0. The zero-order chi connectivity index (χ0) is 8.04. The van der Waals surface area contributed by atoms with Crippen LogP contribution in [0.4, 0.5) is 0 Å². The molecule has 0 spiro atoms. The standard InChI is InChI=1S/C8H16I2/c1-3-8(4-2,7-10)5-6-9/h3-7H2,1-2H3. The first-order chi connectivity index (χ1) is 4.74. The van der Waals surface area contributed by atoms with Crippen LogP contribution in [0.25, 0.3) is 0 Å². The van der Waals surface area contributed by atoms with Crippen LogP contribution in [0.15, 0.2) is 0 Å². The molecule has 0 atom stereocenters. The molecule has 2 heteroatoms. The Morgan fingerprint density at radius 3 is 1.70 bits per heavy atom. The zero-order valence-corrected chi connectivity index (χ0v) is 11.1. The largest absolute Gasteiger partial charge is 0.0864 e. The van der Waals surface area contributed by atoms with Gasteiger partial charge in [0.2, 0.25) is 0 Å². The summed E-state index contributed by atoms with van der Waals surface area (Å²) in [5.74, 6) is 0. The summed E-state index contributed by atoms with van der Waals surface area (Å²) in [5.41, 5.74) is 0.655. The molecule has 0 aliphatic carbocycles. The highest BCUT2D eigenvalue weighted by molar-refractivity contribution is 14.1. The van der Waals surface area contributed by atoms with Crippen molar-refractivity contribution in [1.29, 1.82) is 0 Å². The molecule has 0 aromatic carbocycles. The zero-order valence-electron chi connectivity index (χ0n) is 6.79. The first-order valence-corrected chi connectivity index (χ1v) is 6.91. The molecule has 0 amide bonds. The van der Waals surface area contributed by atoms with Gasteiger partial charge in [0.05, 0.1) is 0 Å². The van der Waals surface area contributed by atoms with Crippen LogP contribution in [0.2, 0.25) is 0 Å². The van der Waals surface area contributed by atoms with Crippen molar-refractivity contribution in [2.75, 3.05) is 8.86 Å². The lowest BCUT2D eigenvalue weighted by Gasteiger charge is -2.28. The molecule has 0 fully saturated rings. The summed E-state index contributed by atoms with van der Waals surface area (Å²) in [4.78, 5) is 0. The predicted octanol–water partition coefficient (Wildman–Crippen LogP) is 4.05. The molecule has 0 aliphatic rings. The van der Waals surface area contributed by atoms with E-state index in [2.05, 4.69) is 59.0 Å². The maximum atomic E-state index is 2.52. The van der Waals surface area contributed by atoms with Crippen LogP contribution in [0.5, 0.6) is 0 Å². The fourth-order valence-electron chi connectivity index (χ4n) is 1.06. The van der Waals surface area contributed by atoms with E-state index < -0.39 is 0 Å². The van der Waals surface area contributed by atoms with Crippen LogP contribution in [-0.2, 0) is 0 Å². The molecule has 0 nitrogen and oxygen atoms in total. The molecule has 0 radical (unpaired) electrons. The molecule has 0 aromatic heterocycles. The third-order valence-electron chi connectivity index (χ3n) is 2.41. The van der Waals surface area contributed by atoms with Crippen molar-refractivity contribution in [3.05, 3.63) is 0 Å². The van der Waals surface area contributed by atoms with Gasteiger partial charge >= 0.3 is 0 Å². The minimum atomic E-state index is 0.655. The lowest BCUT2D eigenvalue weighted by Crippen LogP contribution is -2.20. The van der Waals surface area contributed by atoms with Crippen LogP contribution in [0.1, 0.15) is 33.1 Å². The molecule has 0 saturated carbocycles. The van der Waals surface area contributed by atoms with E-state index in [0.29, 0.717) is 5.41 Å². The van der Waals surface area contributed by atoms with Gasteiger partial charge in [-0.25, -0.2) is 0 Å².